The van der Waals surface area contributed by atoms with Gasteiger partial charge in [0.25, 0.3) is 0 Å². The Morgan fingerprint density at radius 3 is 2.14 bits per heavy atom. The molecule has 2 rings (SSSR count). The fourth-order valence-electron chi connectivity index (χ4n) is 2.79. The molecule has 154 valence electrons. The van der Waals surface area contributed by atoms with Crippen LogP contribution in [0.5, 0.6) is 11.5 Å². The van der Waals surface area contributed by atoms with E-state index in [1.807, 2.05) is 49.9 Å². The van der Waals surface area contributed by atoms with Gasteiger partial charge in [0.15, 0.2) is 0 Å². The van der Waals surface area contributed by atoms with E-state index in [2.05, 4.69) is 9.55 Å². The van der Waals surface area contributed by atoms with Gasteiger partial charge >= 0.3 is 5.97 Å². The van der Waals surface area contributed by atoms with Gasteiger partial charge in [0.2, 0.25) is 0 Å². The quantitative estimate of drug-likeness (QED) is 0.329. The molecule has 28 heavy (non-hydrogen) atoms. The topological polar surface area (TPSA) is 62.6 Å². The van der Waals surface area contributed by atoms with Gasteiger partial charge < -0.3 is 18.8 Å². The van der Waals surface area contributed by atoms with Crippen LogP contribution in [0.25, 0.3) is 0 Å². The Hall–Kier alpha value is -2.50. The summed E-state index contributed by atoms with van der Waals surface area (Å²) in [6, 6.07) is 7.77. The van der Waals surface area contributed by atoms with Crippen LogP contribution in [0.4, 0.5) is 0 Å². The zero-order valence-corrected chi connectivity index (χ0v) is 16.8. The van der Waals surface area contributed by atoms with E-state index in [0.29, 0.717) is 19.6 Å². The Labute approximate surface area is 167 Å². The maximum Gasteiger partial charge on any atom is 0.305 e. The number of hydrogen-bond acceptors (Lipinski definition) is 5. The number of unbranched alkanes of at least 4 members (excludes halogenated alkanes) is 4. The van der Waals surface area contributed by atoms with Crippen LogP contribution in [0, 0.1) is 0 Å². The lowest BCUT2D eigenvalue weighted by molar-refractivity contribution is -0.143. The van der Waals surface area contributed by atoms with Crippen molar-refractivity contribution in [1.82, 2.24) is 9.55 Å². The van der Waals surface area contributed by atoms with Gasteiger partial charge in [0.05, 0.1) is 26.1 Å². The highest BCUT2D eigenvalue weighted by molar-refractivity contribution is 5.69. The normalized spacial score (nSPS) is 10.6. The molecule has 0 radical (unpaired) electrons. The molecule has 0 saturated carbocycles. The summed E-state index contributed by atoms with van der Waals surface area (Å²) < 4.78 is 18.5. The number of aryl methyl sites for hydroxylation is 1. The molecule has 0 atom stereocenters. The van der Waals surface area contributed by atoms with Crippen LogP contribution in [-0.4, -0.2) is 35.3 Å². The SMILES string of the molecule is CCOC(=O)CCCCCOc1ccc(OCCCCCn2ccnc2)cc1. The first kappa shape index (κ1) is 21.8. The molecule has 0 fully saturated rings. The summed E-state index contributed by atoms with van der Waals surface area (Å²) in [6.45, 7) is 4.67. The summed E-state index contributed by atoms with van der Waals surface area (Å²) in [5.74, 6) is 1.60. The van der Waals surface area contributed by atoms with E-state index in [1.165, 1.54) is 0 Å². The van der Waals surface area contributed by atoms with E-state index in [9.17, 15) is 4.79 Å². The van der Waals surface area contributed by atoms with E-state index in [0.717, 1.165) is 63.2 Å². The number of benzene rings is 1. The average Bonchev–Trinajstić information content (AvgIpc) is 3.22. The van der Waals surface area contributed by atoms with Crippen LogP contribution < -0.4 is 9.47 Å². The summed E-state index contributed by atoms with van der Waals surface area (Å²) in [7, 11) is 0. The number of nitrogens with zero attached hydrogens (tertiary/aromatic N) is 2. The molecule has 0 aliphatic rings. The number of aromatic nitrogens is 2. The summed E-state index contributed by atoms with van der Waals surface area (Å²) >= 11 is 0. The van der Waals surface area contributed by atoms with Crippen molar-refractivity contribution >= 4 is 5.97 Å². The van der Waals surface area contributed by atoms with Crippen molar-refractivity contribution in [3.05, 3.63) is 43.0 Å². The highest BCUT2D eigenvalue weighted by atomic mass is 16.5. The maximum atomic E-state index is 11.2. The minimum Gasteiger partial charge on any atom is -0.494 e. The van der Waals surface area contributed by atoms with Gasteiger partial charge in [-0.1, -0.05) is 0 Å². The first-order valence-corrected chi connectivity index (χ1v) is 10.2. The largest absolute Gasteiger partial charge is 0.494 e. The molecule has 1 aromatic carbocycles. The van der Waals surface area contributed by atoms with Crippen molar-refractivity contribution in [1.29, 1.82) is 0 Å². The van der Waals surface area contributed by atoms with Crippen LogP contribution >= 0.6 is 0 Å². The summed E-state index contributed by atoms with van der Waals surface area (Å²) in [4.78, 5) is 15.3. The number of rotatable bonds is 15. The Kier molecular flexibility index (Phi) is 10.6. The maximum absolute atomic E-state index is 11.2. The molecule has 0 aliphatic heterocycles. The molecule has 2 aromatic rings. The first-order chi connectivity index (χ1) is 13.8. The second kappa shape index (κ2) is 13.6. The van der Waals surface area contributed by atoms with Gasteiger partial charge in [0.1, 0.15) is 11.5 Å². The van der Waals surface area contributed by atoms with Crippen molar-refractivity contribution in [2.24, 2.45) is 0 Å². The smallest absolute Gasteiger partial charge is 0.305 e. The van der Waals surface area contributed by atoms with Crippen molar-refractivity contribution in [3.8, 4) is 11.5 Å². The number of carbonyl (C=O) groups excluding carboxylic acids is 1. The third-order valence-corrected chi connectivity index (χ3v) is 4.31. The predicted octanol–water partition coefficient (Wildman–Crippen LogP) is 4.63. The van der Waals surface area contributed by atoms with Gasteiger partial charge in [-0.2, -0.15) is 0 Å². The third-order valence-electron chi connectivity index (χ3n) is 4.31. The molecule has 1 aromatic heterocycles. The van der Waals surface area contributed by atoms with Crippen LogP contribution in [-0.2, 0) is 16.1 Å². The third kappa shape index (κ3) is 9.44. The van der Waals surface area contributed by atoms with Crippen molar-refractivity contribution in [2.75, 3.05) is 19.8 Å². The van der Waals surface area contributed by atoms with Crippen molar-refractivity contribution in [3.63, 3.8) is 0 Å². The number of ether oxygens (including phenoxy) is 3. The van der Waals surface area contributed by atoms with Gasteiger partial charge in [-0.3, -0.25) is 4.79 Å². The number of hydrogen-bond donors (Lipinski definition) is 0. The summed E-state index contributed by atoms with van der Waals surface area (Å²) in [5, 5.41) is 0. The zero-order chi connectivity index (χ0) is 19.9. The number of imidazole rings is 1. The monoisotopic (exact) mass is 388 g/mol. The van der Waals surface area contributed by atoms with Gasteiger partial charge in [-0.15, -0.1) is 0 Å². The second-order valence-corrected chi connectivity index (χ2v) is 6.65. The van der Waals surface area contributed by atoms with Crippen molar-refractivity contribution < 1.29 is 19.0 Å². The number of esters is 1. The molecule has 6 heteroatoms. The van der Waals surface area contributed by atoms with Gasteiger partial charge in [0, 0.05) is 25.4 Å². The molecule has 0 aliphatic carbocycles. The van der Waals surface area contributed by atoms with Gasteiger partial charge in [-0.25, -0.2) is 4.98 Å². The molecular formula is C22H32N2O4. The predicted molar refractivity (Wildman–Crippen MR) is 109 cm³/mol. The van der Waals surface area contributed by atoms with E-state index < -0.39 is 0 Å². The Balaban J connectivity index is 1.47. The molecule has 1 heterocycles. The van der Waals surface area contributed by atoms with Crippen LogP contribution in [0.3, 0.4) is 0 Å². The fraction of sp³-hybridized carbons (Fsp3) is 0.545. The fourth-order valence-corrected chi connectivity index (χ4v) is 2.79. The summed E-state index contributed by atoms with van der Waals surface area (Å²) in [6.07, 6.45) is 12.2. The van der Waals surface area contributed by atoms with Crippen LogP contribution in [0.2, 0.25) is 0 Å². The highest BCUT2D eigenvalue weighted by Gasteiger charge is 2.01. The molecule has 0 bridgehead atoms. The molecule has 0 spiro atoms. The van der Waals surface area contributed by atoms with E-state index in [1.54, 1.807) is 0 Å². The molecule has 0 amide bonds. The lowest BCUT2D eigenvalue weighted by atomic mass is 10.2. The Bertz CT molecular complexity index is 641. The minimum atomic E-state index is -0.114. The number of carbonyl (C=O) groups is 1. The molecule has 0 saturated heterocycles. The van der Waals surface area contributed by atoms with E-state index >= 15 is 0 Å². The zero-order valence-electron chi connectivity index (χ0n) is 16.8. The lowest BCUT2D eigenvalue weighted by Crippen LogP contribution is -2.04. The van der Waals surface area contributed by atoms with Crippen LogP contribution in [0.1, 0.15) is 51.9 Å². The lowest BCUT2D eigenvalue weighted by Gasteiger charge is -2.09. The van der Waals surface area contributed by atoms with E-state index in [-0.39, 0.29) is 5.97 Å². The minimum absolute atomic E-state index is 0.114. The summed E-state index contributed by atoms with van der Waals surface area (Å²) in [5.41, 5.74) is 0. The Morgan fingerprint density at radius 2 is 1.57 bits per heavy atom. The second-order valence-electron chi connectivity index (χ2n) is 6.65. The van der Waals surface area contributed by atoms with E-state index in [4.69, 9.17) is 14.2 Å². The van der Waals surface area contributed by atoms with Crippen molar-refractivity contribution in [2.45, 2.75) is 58.4 Å². The molecular weight excluding hydrogens is 356 g/mol. The highest BCUT2D eigenvalue weighted by Crippen LogP contribution is 2.18. The average molecular weight is 389 g/mol. The Morgan fingerprint density at radius 1 is 0.929 bits per heavy atom. The molecule has 0 N–H and O–H groups in total. The molecule has 6 nitrogen and oxygen atoms in total. The van der Waals surface area contributed by atoms with Gasteiger partial charge in [-0.05, 0) is 69.7 Å². The first-order valence-electron chi connectivity index (χ1n) is 10.2. The molecule has 0 unspecified atom stereocenters. The standard InChI is InChI=1S/C22H32N2O4/c1-2-26-22(25)9-5-3-7-17-27-20-10-12-21(13-11-20)28-18-8-4-6-15-24-16-14-23-19-24/h10-14,16,19H,2-9,15,17-18H2,1H3. The van der Waals surface area contributed by atoms with Crippen LogP contribution in [0.15, 0.2) is 43.0 Å².